The van der Waals surface area contributed by atoms with E-state index in [0.717, 1.165) is 11.1 Å². The first-order chi connectivity index (χ1) is 14.1. The van der Waals surface area contributed by atoms with E-state index in [-0.39, 0.29) is 24.4 Å². The van der Waals surface area contributed by atoms with Gasteiger partial charge in [0.05, 0.1) is 26.5 Å². The molecule has 0 fully saturated rings. The normalized spacial score (nSPS) is 10.4. The topological polar surface area (TPSA) is 82.5 Å². The summed E-state index contributed by atoms with van der Waals surface area (Å²) in [7, 11) is 3.14. The summed E-state index contributed by atoms with van der Waals surface area (Å²) in [5.74, 6) is 1.07. The van der Waals surface area contributed by atoms with Crippen molar-refractivity contribution in [2.75, 3.05) is 14.2 Å². The van der Waals surface area contributed by atoms with Crippen LogP contribution < -0.4 is 20.3 Å². The summed E-state index contributed by atoms with van der Waals surface area (Å²) in [5, 5.41) is 7.21. The Bertz CT molecular complexity index is 1030. The highest BCUT2D eigenvalue weighted by atomic mass is 16.5. The van der Waals surface area contributed by atoms with Gasteiger partial charge in [0.1, 0.15) is 0 Å². The lowest BCUT2D eigenvalue weighted by Gasteiger charge is -2.11. The second-order valence-corrected chi connectivity index (χ2v) is 6.36. The molecule has 0 aliphatic rings. The van der Waals surface area contributed by atoms with E-state index in [1.165, 1.54) is 10.7 Å². The first-order valence-corrected chi connectivity index (χ1v) is 9.22. The Morgan fingerprint density at radius 2 is 1.76 bits per heavy atom. The molecule has 0 unspecified atom stereocenters. The fourth-order valence-electron chi connectivity index (χ4n) is 2.86. The zero-order chi connectivity index (χ0) is 20.6. The van der Waals surface area contributed by atoms with E-state index in [1.54, 1.807) is 26.4 Å². The van der Waals surface area contributed by atoms with Gasteiger partial charge in [-0.15, -0.1) is 0 Å². The molecular weight excluding hydrogens is 370 g/mol. The van der Waals surface area contributed by atoms with Gasteiger partial charge in [-0.1, -0.05) is 36.4 Å². The molecule has 150 valence electrons. The Kier molecular flexibility index (Phi) is 6.63. The zero-order valence-electron chi connectivity index (χ0n) is 16.4. The predicted octanol–water partition coefficient (Wildman–Crippen LogP) is 2.63. The van der Waals surface area contributed by atoms with Crippen LogP contribution in [0, 0.1) is 0 Å². The van der Waals surface area contributed by atoms with E-state index in [9.17, 15) is 9.59 Å². The van der Waals surface area contributed by atoms with Gasteiger partial charge >= 0.3 is 0 Å². The highest BCUT2D eigenvalue weighted by molar-refractivity contribution is 5.75. The van der Waals surface area contributed by atoms with Crippen LogP contribution in [-0.2, 0) is 17.9 Å². The van der Waals surface area contributed by atoms with E-state index in [0.29, 0.717) is 23.7 Å². The molecule has 0 aliphatic carbocycles. The zero-order valence-corrected chi connectivity index (χ0v) is 16.4. The number of nitrogens with one attached hydrogen (secondary N) is 1. The van der Waals surface area contributed by atoms with E-state index in [4.69, 9.17) is 9.47 Å². The van der Waals surface area contributed by atoms with Gasteiger partial charge in [0.15, 0.2) is 11.5 Å². The van der Waals surface area contributed by atoms with Gasteiger partial charge in [-0.2, -0.15) is 5.10 Å². The summed E-state index contributed by atoms with van der Waals surface area (Å²) in [6.45, 7) is 0.558. The molecular formula is C22H23N3O4. The van der Waals surface area contributed by atoms with E-state index < -0.39 is 0 Å². The maximum absolute atomic E-state index is 12.2. The van der Waals surface area contributed by atoms with E-state index in [2.05, 4.69) is 10.4 Å². The van der Waals surface area contributed by atoms with Crippen molar-refractivity contribution >= 4 is 5.91 Å². The van der Waals surface area contributed by atoms with Crippen LogP contribution in [0.5, 0.6) is 11.5 Å². The standard InChI is InChI=1S/C22H23N3O4/c1-28-19-10-8-16(14-20(19)29-2)15-23-21(26)12-13-25-22(27)11-9-18(24-25)17-6-4-3-5-7-17/h3-11,14H,12-13,15H2,1-2H3,(H,23,26). The lowest BCUT2D eigenvalue weighted by Crippen LogP contribution is -2.28. The quantitative estimate of drug-likeness (QED) is 0.636. The second-order valence-electron chi connectivity index (χ2n) is 6.36. The van der Waals surface area contributed by atoms with Crippen molar-refractivity contribution in [1.29, 1.82) is 0 Å². The molecule has 1 heterocycles. The molecule has 0 saturated carbocycles. The van der Waals surface area contributed by atoms with Crippen molar-refractivity contribution in [3.05, 3.63) is 76.6 Å². The van der Waals surface area contributed by atoms with Crippen LogP contribution in [0.25, 0.3) is 11.3 Å². The Labute approximate surface area is 168 Å². The summed E-state index contributed by atoms with van der Waals surface area (Å²) >= 11 is 0. The number of carbonyl (C=O) groups excluding carboxylic acids is 1. The minimum Gasteiger partial charge on any atom is -0.493 e. The number of aryl methyl sites for hydroxylation is 1. The Hall–Kier alpha value is -3.61. The summed E-state index contributed by atoms with van der Waals surface area (Å²) in [5.41, 5.74) is 2.25. The molecule has 1 aromatic heterocycles. The third-order valence-electron chi connectivity index (χ3n) is 4.42. The SMILES string of the molecule is COc1ccc(CNC(=O)CCn2nc(-c3ccccc3)ccc2=O)cc1OC. The van der Waals surface area contributed by atoms with Gasteiger partial charge in [0.2, 0.25) is 5.91 Å². The molecule has 0 atom stereocenters. The molecule has 7 nitrogen and oxygen atoms in total. The molecule has 0 aliphatic heterocycles. The van der Waals surface area contributed by atoms with Gasteiger partial charge in [-0.3, -0.25) is 9.59 Å². The lowest BCUT2D eigenvalue weighted by atomic mass is 10.1. The predicted molar refractivity (Wildman–Crippen MR) is 110 cm³/mol. The summed E-state index contributed by atoms with van der Waals surface area (Å²) in [4.78, 5) is 24.3. The molecule has 3 aromatic rings. The van der Waals surface area contributed by atoms with Crippen molar-refractivity contribution in [3.8, 4) is 22.8 Å². The molecule has 0 bridgehead atoms. The molecule has 0 radical (unpaired) electrons. The first kappa shape index (κ1) is 20.1. The number of benzene rings is 2. The van der Waals surface area contributed by atoms with Crippen LogP contribution >= 0.6 is 0 Å². The average Bonchev–Trinajstić information content (AvgIpc) is 2.77. The smallest absolute Gasteiger partial charge is 0.266 e. The summed E-state index contributed by atoms with van der Waals surface area (Å²) < 4.78 is 11.8. The Morgan fingerprint density at radius 1 is 1.00 bits per heavy atom. The van der Waals surface area contributed by atoms with E-state index in [1.807, 2.05) is 42.5 Å². The molecule has 3 rings (SSSR count). The summed E-state index contributed by atoms with van der Waals surface area (Å²) in [6, 6.07) is 18.2. The minimum atomic E-state index is -0.239. The van der Waals surface area contributed by atoms with Crippen LogP contribution in [0.1, 0.15) is 12.0 Å². The second kappa shape index (κ2) is 9.54. The van der Waals surface area contributed by atoms with Gasteiger partial charge < -0.3 is 14.8 Å². The number of aromatic nitrogens is 2. The van der Waals surface area contributed by atoms with Crippen LogP contribution in [0.4, 0.5) is 0 Å². The minimum absolute atomic E-state index is 0.151. The highest BCUT2D eigenvalue weighted by Crippen LogP contribution is 2.27. The maximum atomic E-state index is 12.2. The van der Waals surface area contributed by atoms with Crippen LogP contribution in [0.3, 0.4) is 0 Å². The fourth-order valence-corrected chi connectivity index (χ4v) is 2.86. The summed E-state index contributed by atoms with van der Waals surface area (Å²) in [6.07, 6.45) is 0.151. The highest BCUT2D eigenvalue weighted by Gasteiger charge is 2.08. The average molecular weight is 393 g/mol. The largest absolute Gasteiger partial charge is 0.493 e. The molecule has 2 aromatic carbocycles. The van der Waals surface area contributed by atoms with Gasteiger partial charge in [0, 0.05) is 24.6 Å². The molecule has 29 heavy (non-hydrogen) atoms. The van der Waals surface area contributed by atoms with Crippen molar-refractivity contribution in [3.63, 3.8) is 0 Å². The molecule has 0 spiro atoms. The Morgan fingerprint density at radius 3 is 2.48 bits per heavy atom. The lowest BCUT2D eigenvalue weighted by molar-refractivity contribution is -0.121. The molecule has 7 heteroatoms. The first-order valence-electron chi connectivity index (χ1n) is 9.22. The monoisotopic (exact) mass is 393 g/mol. The van der Waals surface area contributed by atoms with Crippen molar-refractivity contribution < 1.29 is 14.3 Å². The number of rotatable bonds is 8. The van der Waals surface area contributed by atoms with Crippen molar-refractivity contribution in [2.24, 2.45) is 0 Å². The third kappa shape index (κ3) is 5.22. The molecule has 1 amide bonds. The molecule has 0 saturated heterocycles. The number of ether oxygens (including phenoxy) is 2. The third-order valence-corrected chi connectivity index (χ3v) is 4.42. The van der Waals surface area contributed by atoms with Gasteiger partial charge in [0.25, 0.3) is 5.56 Å². The number of nitrogens with zero attached hydrogens (tertiary/aromatic N) is 2. The number of hydrogen-bond acceptors (Lipinski definition) is 5. The maximum Gasteiger partial charge on any atom is 0.266 e. The van der Waals surface area contributed by atoms with Crippen molar-refractivity contribution in [2.45, 2.75) is 19.5 Å². The van der Waals surface area contributed by atoms with E-state index >= 15 is 0 Å². The van der Waals surface area contributed by atoms with Crippen LogP contribution in [-0.4, -0.2) is 29.9 Å². The van der Waals surface area contributed by atoms with Crippen LogP contribution in [0.15, 0.2) is 65.5 Å². The van der Waals surface area contributed by atoms with Crippen LogP contribution in [0.2, 0.25) is 0 Å². The van der Waals surface area contributed by atoms with Crippen molar-refractivity contribution in [1.82, 2.24) is 15.1 Å². The number of methoxy groups -OCH3 is 2. The number of amides is 1. The molecule has 1 N–H and O–H groups in total. The fraction of sp³-hybridized carbons (Fsp3) is 0.227. The van der Waals surface area contributed by atoms with Gasteiger partial charge in [-0.05, 0) is 23.8 Å². The van der Waals surface area contributed by atoms with Gasteiger partial charge in [-0.25, -0.2) is 4.68 Å². The number of carbonyl (C=O) groups is 1. The number of hydrogen-bond donors (Lipinski definition) is 1. The Balaban J connectivity index is 1.59.